The number of nitrogens with one attached hydrogen (secondary N) is 1. The summed E-state index contributed by atoms with van der Waals surface area (Å²) in [5.41, 5.74) is 2.15. The molecule has 0 fully saturated rings. The maximum Gasteiger partial charge on any atom is 0.387 e. The van der Waals surface area contributed by atoms with Crippen molar-refractivity contribution in [3.05, 3.63) is 66.4 Å². The quantitative estimate of drug-likeness (QED) is 0.299. The minimum absolute atomic E-state index is 0.0214. The molecule has 0 aliphatic rings. The van der Waals surface area contributed by atoms with Gasteiger partial charge in [0.05, 0.1) is 17.1 Å². The molecule has 0 aliphatic carbocycles. The Morgan fingerprint density at radius 1 is 1.15 bits per heavy atom. The number of para-hydroxylation sites is 1. The van der Waals surface area contributed by atoms with Crippen LogP contribution in [0.15, 0.2) is 65.8 Å². The molecule has 2 aromatic heterocycles. The van der Waals surface area contributed by atoms with Crippen molar-refractivity contribution < 1.29 is 18.3 Å². The monoisotopic (exact) mass is 471 g/mol. The van der Waals surface area contributed by atoms with Gasteiger partial charge in [0.1, 0.15) is 11.6 Å². The Labute approximate surface area is 191 Å². The number of carbonyl (C=O) groups excluding carboxylic acids is 1. The van der Waals surface area contributed by atoms with E-state index >= 15 is 0 Å². The number of hydrogen-bond acceptors (Lipinski definition) is 7. The number of nitrogens with two attached hydrogens (primary N) is 1. The van der Waals surface area contributed by atoms with Gasteiger partial charge in [0, 0.05) is 11.6 Å². The van der Waals surface area contributed by atoms with E-state index in [0.29, 0.717) is 22.4 Å². The van der Waals surface area contributed by atoms with Crippen LogP contribution >= 0.6 is 11.8 Å². The number of aromatic nitrogens is 5. The van der Waals surface area contributed by atoms with E-state index in [1.54, 1.807) is 22.9 Å². The molecular weight excluding hydrogens is 452 g/mol. The molecule has 0 aliphatic heterocycles. The minimum atomic E-state index is -2.90. The van der Waals surface area contributed by atoms with Gasteiger partial charge in [0.15, 0.2) is 5.82 Å². The Bertz CT molecular complexity index is 1240. The van der Waals surface area contributed by atoms with Crippen LogP contribution in [0.3, 0.4) is 0 Å². The van der Waals surface area contributed by atoms with Crippen molar-refractivity contribution in [1.29, 1.82) is 0 Å². The molecule has 0 atom stereocenters. The second kappa shape index (κ2) is 9.69. The number of halogens is 2. The van der Waals surface area contributed by atoms with Crippen LogP contribution in [0.1, 0.15) is 5.69 Å². The highest BCUT2D eigenvalue weighted by Gasteiger charge is 2.16. The third kappa shape index (κ3) is 5.29. The molecule has 170 valence electrons. The Kier molecular flexibility index (Phi) is 6.54. The van der Waals surface area contributed by atoms with Gasteiger partial charge in [-0.15, -0.1) is 10.2 Å². The van der Waals surface area contributed by atoms with Crippen LogP contribution in [0, 0.1) is 6.92 Å². The highest BCUT2D eigenvalue weighted by molar-refractivity contribution is 7.99. The van der Waals surface area contributed by atoms with E-state index in [9.17, 15) is 13.6 Å². The normalized spacial score (nSPS) is 11.0. The van der Waals surface area contributed by atoms with E-state index in [1.165, 1.54) is 16.8 Å². The number of anilines is 1. The molecule has 33 heavy (non-hydrogen) atoms. The summed E-state index contributed by atoms with van der Waals surface area (Å²) in [5.74, 6) is 6.73. The van der Waals surface area contributed by atoms with Gasteiger partial charge in [-0.1, -0.05) is 30.0 Å². The summed E-state index contributed by atoms with van der Waals surface area (Å²) in [7, 11) is 0. The van der Waals surface area contributed by atoms with E-state index in [4.69, 9.17) is 5.84 Å². The summed E-state index contributed by atoms with van der Waals surface area (Å²) < 4.78 is 31.8. The molecule has 0 spiro atoms. The topological polar surface area (TPSA) is 113 Å². The summed E-state index contributed by atoms with van der Waals surface area (Å²) in [6.45, 7) is -1.06. The first-order valence-electron chi connectivity index (χ1n) is 9.71. The molecule has 4 rings (SSSR count). The van der Waals surface area contributed by atoms with Crippen molar-refractivity contribution in [3.63, 3.8) is 0 Å². The molecular formula is C21H19F2N7O2S. The number of thioether (sulfide) groups is 1. The number of aryl methyl sites for hydroxylation is 1. The first-order chi connectivity index (χ1) is 15.9. The lowest BCUT2D eigenvalue weighted by Crippen LogP contribution is -2.18. The first-order valence-corrected chi connectivity index (χ1v) is 10.7. The first kappa shape index (κ1) is 22.3. The maximum absolute atomic E-state index is 12.5. The number of nitrogen functional groups attached to an aromatic ring is 1. The summed E-state index contributed by atoms with van der Waals surface area (Å²) >= 11 is 1.11. The lowest BCUT2D eigenvalue weighted by atomic mass is 10.2. The lowest BCUT2D eigenvalue weighted by molar-refractivity contribution is -0.113. The number of benzene rings is 2. The third-order valence-corrected chi connectivity index (χ3v) is 5.38. The van der Waals surface area contributed by atoms with Crippen molar-refractivity contribution in [2.45, 2.75) is 18.7 Å². The number of ether oxygens (including phenoxy) is 1. The van der Waals surface area contributed by atoms with Crippen molar-refractivity contribution in [2.24, 2.45) is 0 Å². The van der Waals surface area contributed by atoms with Crippen LogP contribution in [0.5, 0.6) is 5.75 Å². The highest BCUT2D eigenvalue weighted by atomic mass is 32.2. The number of carbonyl (C=O) groups is 1. The molecule has 4 aromatic rings. The molecule has 3 N–H and O–H groups in total. The van der Waals surface area contributed by atoms with Crippen molar-refractivity contribution in [3.8, 4) is 22.8 Å². The predicted octanol–water partition coefficient (Wildman–Crippen LogP) is 3.49. The Morgan fingerprint density at radius 3 is 2.58 bits per heavy atom. The average molecular weight is 471 g/mol. The summed E-state index contributed by atoms with van der Waals surface area (Å²) in [4.78, 5) is 12.5. The zero-order chi connectivity index (χ0) is 23.4. The summed E-state index contributed by atoms with van der Waals surface area (Å²) in [6.07, 6.45) is 0. The molecule has 0 unspecified atom stereocenters. The van der Waals surface area contributed by atoms with E-state index in [2.05, 4.69) is 25.3 Å². The molecule has 2 heterocycles. The average Bonchev–Trinajstić information content (AvgIpc) is 3.35. The van der Waals surface area contributed by atoms with Gasteiger partial charge in [-0.25, -0.2) is 9.36 Å². The van der Waals surface area contributed by atoms with Crippen LogP contribution in [0.25, 0.3) is 17.1 Å². The zero-order valence-corrected chi connectivity index (χ0v) is 18.2. The van der Waals surface area contributed by atoms with Crippen LogP contribution in [0.2, 0.25) is 0 Å². The number of nitrogens with zero attached hydrogens (tertiary/aromatic N) is 5. The van der Waals surface area contributed by atoms with Gasteiger partial charge in [0.2, 0.25) is 11.1 Å². The van der Waals surface area contributed by atoms with Crippen LogP contribution in [0.4, 0.5) is 14.6 Å². The third-order valence-electron chi connectivity index (χ3n) is 4.43. The van der Waals surface area contributed by atoms with E-state index < -0.39 is 6.61 Å². The second-order valence-corrected chi connectivity index (χ2v) is 7.78. The lowest BCUT2D eigenvalue weighted by Gasteiger charge is -2.09. The summed E-state index contributed by atoms with van der Waals surface area (Å²) in [6, 6.07) is 17.1. The van der Waals surface area contributed by atoms with Crippen LogP contribution in [-0.2, 0) is 4.79 Å². The fourth-order valence-electron chi connectivity index (χ4n) is 3.02. The van der Waals surface area contributed by atoms with Gasteiger partial charge in [0.25, 0.3) is 0 Å². The van der Waals surface area contributed by atoms with Crippen LogP contribution in [-0.4, -0.2) is 42.9 Å². The van der Waals surface area contributed by atoms with Gasteiger partial charge in [-0.2, -0.15) is 13.9 Å². The van der Waals surface area contributed by atoms with Gasteiger partial charge in [-0.05, 0) is 43.3 Å². The molecule has 9 nitrogen and oxygen atoms in total. The van der Waals surface area contributed by atoms with E-state index in [-0.39, 0.29) is 17.4 Å². The number of amides is 1. The maximum atomic E-state index is 12.5. The smallest absolute Gasteiger partial charge is 0.387 e. The minimum Gasteiger partial charge on any atom is -0.435 e. The van der Waals surface area contributed by atoms with Crippen molar-refractivity contribution in [2.75, 3.05) is 16.9 Å². The van der Waals surface area contributed by atoms with Crippen LogP contribution < -0.4 is 15.9 Å². The standard InChI is InChI=1S/C21H19F2N7O2S/c1-13-11-17(30(28-13)15-5-3-2-4-6-15)25-18(31)12-33-21-27-26-19(29(21)24)14-7-9-16(10-8-14)32-20(22)23/h2-11,20H,12,24H2,1H3,(H,25,31). The largest absolute Gasteiger partial charge is 0.435 e. The number of rotatable bonds is 8. The van der Waals surface area contributed by atoms with E-state index in [0.717, 1.165) is 23.1 Å². The molecule has 1 amide bonds. The van der Waals surface area contributed by atoms with Gasteiger partial charge < -0.3 is 15.9 Å². The van der Waals surface area contributed by atoms with E-state index in [1.807, 2.05) is 37.3 Å². The fourth-order valence-corrected chi connectivity index (χ4v) is 3.68. The Hall–Kier alpha value is -3.93. The molecule has 0 bridgehead atoms. The van der Waals surface area contributed by atoms with Crippen molar-refractivity contribution >= 4 is 23.5 Å². The second-order valence-electron chi connectivity index (χ2n) is 6.83. The predicted molar refractivity (Wildman–Crippen MR) is 120 cm³/mol. The molecule has 0 saturated carbocycles. The Morgan fingerprint density at radius 2 is 1.88 bits per heavy atom. The molecule has 0 radical (unpaired) electrons. The zero-order valence-electron chi connectivity index (χ0n) is 17.4. The summed E-state index contributed by atoms with van der Waals surface area (Å²) in [5, 5.41) is 15.6. The van der Waals surface area contributed by atoms with Gasteiger partial charge >= 0.3 is 6.61 Å². The van der Waals surface area contributed by atoms with Crippen molar-refractivity contribution in [1.82, 2.24) is 24.7 Å². The fraction of sp³-hybridized carbons (Fsp3) is 0.143. The number of alkyl halides is 2. The molecule has 12 heteroatoms. The molecule has 2 aromatic carbocycles. The Balaban J connectivity index is 1.41. The SMILES string of the molecule is Cc1cc(NC(=O)CSc2nnc(-c3ccc(OC(F)F)cc3)n2N)n(-c2ccccc2)n1. The number of hydrogen-bond donors (Lipinski definition) is 2. The van der Waals surface area contributed by atoms with Gasteiger partial charge in [-0.3, -0.25) is 4.79 Å². The highest BCUT2D eigenvalue weighted by Crippen LogP contribution is 2.25. The molecule has 0 saturated heterocycles.